The van der Waals surface area contributed by atoms with Crippen LogP contribution < -0.4 is 5.48 Å². The Morgan fingerprint density at radius 2 is 2.36 bits per heavy atom. The van der Waals surface area contributed by atoms with Gasteiger partial charge >= 0.3 is 5.97 Å². The summed E-state index contributed by atoms with van der Waals surface area (Å²) in [5.74, 6) is -0.375. The quantitative estimate of drug-likeness (QED) is 0.280. The number of rotatable bonds is 5. The molecule has 0 unspecified atom stereocenters. The summed E-state index contributed by atoms with van der Waals surface area (Å²) in [6.07, 6.45) is 4.78. The minimum Gasteiger partial charge on any atom is -0.334 e. The van der Waals surface area contributed by atoms with E-state index in [0.717, 1.165) is 19.3 Å². The van der Waals surface area contributed by atoms with E-state index in [9.17, 15) is 4.79 Å². The Labute approximate surface area is 66.1 Å². The van der Waals surface area contributed by atoms with Gasteiger partial charge < -0.3 is 4.84 Å². The lowest BCUT2D eigenvalue weighted by Gasteiger charge is -1.98. The van der Waals surface area contributed by atoms with Crippen molar-refractivity contribution in [1.29, 1.82) is 5.26 Å². The maximum Gasteiger partial charge on any atom is 0.333 e. The Morgan fingerprint density at radius 1 is 1.64 bits per heavy atom. The molecule has 0 bridgehead atoms. The molecule has 1 N–H and O–H groups in total. The Kier molecular flexibility index (Phi) is 6.10. The van der Waals surface area contributed by atoms with E-state index in [1.54, 1.807) is 0 Å². The van der Waals surface area contributed by atoms with E-state index in [4.69, 9.17) is 5.26 Å². The third kappa shape index (κ3) is 6.65. The summed E-state index contributed by atoms with van der Waals surface area (Å²) in [5.41, 5.74) is 1.83. The second kappa shape index (κ2) is 6.87. The van der Waals surface area contributed by atoms with Gasteiger partial charge in [0, 0.05) is 6.42 Å². The summed E-state index contributed by atoms with van der Waals surface area (Å²) < 4.78 is 0. The molecule has 4 heteroatoms. The van der Waals surface area contributed by atoms with Crippen LogP contribution in [0.4, 0.5) is 0 Å². The SMILES string of the molecule is CCCCCC(=O)ONC#N. The van der Waals surface area contributed by atoms with Gasteiger partial charge in [-0.3, -0.25) is 0 Å². The van der Waals surface area contributed by atoms with Crippen molar-refractivity contribution in [1.82, 2.24) is 5.48 Å². The molecule has 0 rings (SSSR count). The molecule has 0 heterocycles. The van der Waals surface area contributed by atoms with E-state index < -0.39 is 0 Å². The number of nitrogens with zero attached hydrogens (tertiary/aromatic N) is 1. The summed E-state index contributed by atoms with van der Waals surface area (Å²) in [7, 11) is 0. The average molecular weight is 156 g/mol. The fourth-order valence-corrected chi connectivity index (χ4v) is 0.650. The second-order valence-corrected chi connectivity index (χ2v) is 2.15. The van der Waals surface area contributed by atoms with Crippen molar-refractivity contribution in [3.05, 3.63) is 0 Å². The van der Waals surface area contributed by atoms with Crippen molar-refractivity contribution in [2.75, 3.05) is 0 Å². The molecular weight excluding hydrogens is 144 g/mol. The largest absolute Gasteiger partial charge is 0.334 e. The smallest absolute Gasteiger partial charge is 0.333 e. The van der Waals surface area contributed by atoms with Crippen molar-refractivity contribution < 1.29 is 9.63 Å². The van der Waals surface area contributed by atoms with Crippen LogP contribution in [-0.4, -0.2) is 5.97 Å². The minimum atomic E-state index is -0.375. The first-order chi connectivity index (χ1) is 5.31. The number of hydrogen-bond acceptors (Lipinski definition) is 4. The first-order valence-electron chi connectivity index (χ1n) is 3.65. The summed E-state index contributed by atoms with van der Waals surface area (Å²) in [6.45, 7) is 2.05. The minimum absolute atomic E-state index is 0.375. The molecule has 0 spiro atoms. The zero-order valence-electron chi connectivity index (χ0n) is 6.59. The average Bonchev–Trinajstić information content (AvgIpc) is 2.01. The maximum atomic E-state index is 10.6. The standard InChI is InChI=1S/C7H12N2O2/c1-2-3-4-5-7(10)11-9-6-8/h9H,2-5H2,1H3. The number of nitriles is 1. The first-order valence-corrected chi connectivity index (χ1v) is 3.65. The molecule has 11 heavy (non-hydrogen) atoms. The molecule has 0 saturated carbocycles. The van der Waals surface area contributed by atoms with Crippen molar-refractivity contribution >= 4 is 5.97 Å². The second-order valence-electron chi connectivity index (χ2n) is 2.15. The molecule has 62 valence electrons. The van der Waals surface area contributed by atoms with Crippen molar-refractivity contribution in [2.45, 2.75) is 32.6 Å². The van der Waals surface area contributed by atoms with Crippen LogP contribution >= 0.6 is 0 Å². The van der Waals surface area contributed by atoms with Crippen molar-refractivity contribution in [2.24, 2.45) is 0 Å². The Balaban J connectivity index is 3.17. The molecule has 0 aliphatic rings. The number of hydrogen-bond donors (Lipinski definition) is 1. The highest BCUT2D eigenvalue weighted by molar-refractivity contribution is 5.68. The summed E-state index contributed by atoms with van der Waals surface area (Å²) in [4.78, 5) is 14.9. The van der Waals surface area contributed by atoms with Crippen LogP contribution in [0.1, 0.15) is 32.6 Å². The predicted octanol–water partition coefficient (Wildman–Crippen LogP) is 1.10. The maximum absolute atomic E-state index is 10.6. The number of carbonyl (C=O) groups excluding carboxylic acids is 1. The van der Waals surface area contributed by atoms with Gasteiger partial charge in [0.15, 0.2) is 0 Å². The fraction of sp³-hybridized carbons (Fsp3) is 0.714. The lowest BCUT2D eigenvalue weighted by Crippen LogP contribution is -2.14. The van der Waals surface area contributed by atoms with Gasteiger partial charge in [-0.1, -0.05) is 19.8 Å². The van der Waals surface area contributed by atoms with Gasteiger partial charge in [0.05, 0.1) is 0 Å². The van der Waals surface area contributed by atoms with Crippen LogP contribution in [0.15, 0.2) is 0 Å². The monoisotopic (exact) mass is 156 g/mol. The van der Waals surface area contributed by atoms with Crippen LogP contribution in [0.3, 0.4) is 0 Å². The third-order valence-electron chi connectivity index (χ3n) is 1.19. The normalized spacial score (nSPS) is 8.36. The molecule has 0 fully saturated rings. The van der Waals surface area contributed by atoms with Gasteiger partial charge in [0.25, 0.3) is 0 Å². The Hall–Kier alpha value is -1.24. The highest BCUT2D eigenvalue weighted by Crippen LogP contribution is 1.99. The van der Waals surface area contributed by atoms with Gasteiger partial charge in [0.1, 0.15) is 0 Å². The molecule has 0 aromatic heterocycles. The van der Waals surface area contributed by atoms with Gasteiger partial charge in [-0.15, -0.1) is 0 Å². The van der Waals surface area contributed by atoms with Crippen LogP contribution in [-0.2, 0) is 9.63 Å². The zero-order chi connectivity index (χ0) is 8.53. The van der Waals surface area contributed by atoms with Crippen LogP contribution in [0.5, 0.6) is 0 Å². The molecule has 0 aromatic carbocycles. The summed E-state index contributed by atoms with van der Waals surface area (Å²) in [5, 5.41) is 7.95. The van der Waals surface area contributed by atoms with E-state index in [-0.39, 0.29) is 5.97 Å². The van der Waals surface area contributed by atoms with Gasteiger partial charge in [-0.2, -0.15) is 10.7 Å². The van der Waals surface area contributed by atoms with Crippen LogP contribution in [0, 0.1) is 11.5 Å². The number of nitrogens with one attached hydrogen (secondary N) is 1. The molecule has 4 nitrogen and oxygen atoms in total. The number of hydroxylamine groups is 1. The topological polar surface area (TPSA) is 62.1 Å². The molecule has 0 atom stereocenters. The lowest BCUT2D eigenvalue weighted by molar-refractivity contribution is -0.148. The molecule has 0 radical (unpaired) electrons. The van der Waals surface area contributed by atoms with Crippen molar-refractivity contribution in [3.63, 3.8) is 0 Å². The third-order valence-corrected chi connectivity index (χ3v) is 1.19. The van der Waals surface area contributed by atoms with E-state index in [0.29, 0.717) is 6.42 Å². The highest BCUT2D eigenvalue weighted by atomic mass is 16.7. The van der Waals surface area contributed by atoms with Gasteiger partial charge in [-0.05, 0) is 6.42 Å². The van der Waals surface area contributed by atoms with Crippen LogP contribution in [0.2, 0.25) is 0 Å². The van der Waals surface area contributed by atoms with E-state index >= 15 is 0 Å². The molecular formula is C7H12N2O2. The summed E-state index contributed by atoms with van der Waals surface area (Å²) >= 11 is 0. The molecule has 0 aliphatic carbocycles. The lowest BCUT2D eigenvalue weighted by atomic mass is 10.2. The summed E-state index contributed by atoms with van der Waals surface area (Å²) in [6, 6.07) is 0. The molecule has 0 aliphatic heterocycles. The zero-order valence-corrected chi connectivity index (χ0v) is 6.59. The Bertz CT molecular complexity index is 151. The predicted molar refractivity (Wildman–Crippen MR) is 39.0 cm³/mol. The van der Waals surface area contributed by atoms with Gasteiger partial charge in [-0.25, -0.2) is 4.79 Å². The molecule has 0 aromatic rings. The van der Waals surface area contributed by atoms with E-state index in [1.807, 2.05) is 5.48 Å². The fourth-order valence-electron chi connectivity index (χ4n) is 0.650. The first kappa shape index (κ1) is 9.76. The highest BCUT2D eigenvalue weighted by Gasteiger charge is 2.00. The van der Waals surface area contributed by atoms with Gasteiger partial charge in [0.2, 0.25) is 6.19 Å². The number of unbranched alkanes of at least 4 members (excludes halogenated alkanes) is 2. The Morgan fingerprint density at radius 3 is 2.91 bits per heavy atom. The van der Waals surface area contributed by atoms with E-state index in [1.165, 1.54) is 6.19 Å². The van der Waals surface area contributed by atoms with Crippen LogP contribution in [0.25, 0.3) is 0 Å². The molecule has 0 saturated heterocycles. The number of carbonyl (C=O) groups is 1. The van der Waals surface area contributed by atoms with Crippen molar-refractivity contribution in [3.8, 4) is 6.19 Å². The van der Waals surface area contributed by atoms with E-state index in [2.05, 4.69) is 11.8 Å². The molecule has 0 amide bonds.